The third-order valence-corrected chi connectivity index (χ3v) is 5.13. The Hall–Kier alpha value is -1.33. The number of carbonyl (C=O) groups excluding carboxylic acids is 1. The Bertz CT molecular complexity index is 638. The summed E-state index contributed by atoms with van der Waals surface area (Å²) in [4.78, 5) is 15.0. The third kappa shape index (κ3) is 2.40. The minimum atomic E-state index is 0.0517. The Kier molecular flexibility index (Phi) is 3.33. The van der Waals surface area contributed by atoms with Gasteiger partial charge in [-0.1, -0.05) is 6.07 Å². The summed E-state index contributed by atoms with van der Waals surface area (Å²) < 4.78 is 0.851. The van der Waals surface area contributed by atoms with Gasteiger partial charge in [0.1, 0.15) is 10.6 Å². The summed E-state index contributed by atoms with van der Waals surface area (Å²) in [6.07, 6.45) is 0.838. The van der Waals surface area contributed by atoms with Crippen molar-refractivity contribution in [3.63, 3.8) is 0 Å². The van der Waals surface area contributed by atoms with Gasteiger partial charge in [-0.25, -0.2) is 0 Å². The van der Waals surface area contributed by atoms with Crippen molar-refractivity contribution in [2.75, 3.05) is 6.54 Å². The Morgan fingerprint density at radius 1 is 1.32 bits per heavy atom. The largest absolute Gasteiger partial charge is 0.508 e. The van der Waals surface area contributed by atoms with Gasteiger partial charge in [-0.05, 0) is 57.1 Å². The van der Waals surface area contributed by atoms with Crippen molar-refractivity contribution in [2.45, 2.75) is 13.0 Å². The molecular weight excluding hydrogens is 326 g/mol. The predicted molar refractivity (Wildman–Crippen MR) is 78.6 cm³/mol. The highest BCUT2D eigenvalue weighted by molar-refractivity contribution is 9.10. The quantitative estimate of drug-likeness (QED) is 0.866. The monoisotopic (exact) mass is 337 g/mol. The molecule has 1 aliphatic rings. The van der Waals surface area contributed by atoms with E-state index in [1.807, 2.05) is 22.4 Å². The topological polar surface area (TPSA) is 40.5 Å². The van der Waals surface area contributed by atoms with Crippen LogP contribution in [0.25, 0.3) is 0 Å². The number of nitrogens with zero attached hydrogens (tertiary/aromatic N) is 1. The van der Waals surface area contributed by atoms with Crippen molar-refractivity contribution in [2.24, 2.45) is 0 Å². The number of halogens is 1. The second kappa shape index (κ2) is 4.98. The van der Waals surface area contributed by atoms with E-state index in [1.54, 1.807) is 12.1 Å². The van der Waals surface area contributed by atoms with Crippen LogP contribution in [0.3, 0.4) is 0 Å². The molecule has 0 saturated heterocycles. The van der Waals surface area contributed by atoms with Gasteiger partial charge in [-0.15, -0.1) is 11.3 Å². The van der Waals surface area contributed by atoms with Crippen molar-refractivity contribution in [1.82, 2.24) is 4.90 Å². The molecule has 5 heteroatoms. The zero-order valence-corrected chi connectivity index (χ0v) is 12.5. The molecule has 19 heavy (non-hydrogen) atoms. The van der Waals surface area contributed by atoms with Gasteiger partial charge in [-0.3, -0.25) is 4.79 Å². The van der Waals surface area contributed by atoms with E-state index >= 15 is 0 Å². The smallest absolute Gasteiger partial charge is 0.265 e. The minimum absolute atomic E-state index is 0.0517. The number of aromatic hydroxyl groups is 1. The van der Waals surface area contributed by atoms with Crippen LogP contribution in [-0.4, -0.2) is 22.5 Å². The van der Waals surface area contributed by atoms with Crippen molar-refractivity contribution >= 4 is 33.2 Å². The number of phenols is 1. The van der Waals surface area contributed by atoms with Gasteiger partial charge in [0.05, 0.1) is 0 Å². The maximum Gasteiger partial charge on any atom is 0.265 e. The maximum absolute atomic E-state index is 12.4. The van der Waals surface area contributed by atoms with E-state index in [9.17, 15) is 9.90 Å². The summed E-state index contributed by atoms with van der Waals surface area (Å²) >= 11 is 4.85. The number of thiophene rings is 1. The van der Waals surface area contributed by atoms with Crippen molar-refractivity contribution in [3.8, 4) is 5.75 Å². The van der Waals surface area contributed by atoms with Crippen LogP contribution < -0.4 is 0 Å². The van der Waals surface area contributed by atoms with Gasteiger partial charge < -0.3 is 10.0 Å². The highest BCUT2D eigenvalue weighted by Crippen LogP contribution is 2.28. The first kappa shape index (κ1) is 12.7. The molecule has 0 aliphatic carbocycles. The molecule has 0 radical (unpaired) electrons. The Balaban J connectivity index is 1.86. The number of fused-ring (bicyclic) bond motifs is 1. The summed E-state index contributed by atoms with van der Waals surface area (Å²) in [5.41, 5.74) is 2.25. The summed E-state index contributed by atoms with van der Waals surface area (Å²) in [5, 5.41) is 11.4. The molecule has 0 bridgehead atoms. The highest BCUT2D eigenvalue weighted by Gasteiger charge is 2.24. The van der Waals surface area contributed by atoms with Gasteiger partial charge >= 0.3 is 0 Å². The third-order valence-electron chi connectivity index (χ3n) is 3.30. The van der Waals surface area contributed by atoms with Crippen LogP contribution in [0.5, 0.6) is 5.75 Å². The molecule has 1 N–H and O–H groups in total. The highest BCUT2D eigenvalue weighted by atomic mass is 79.9. The summed E-state index contributed by atoms with van der Waals surface area (Å²) in [5.74, 6) is 0.307. The molecule has 0 unspecified atom stereocenters. The van der Waals surface area contributed by atoms with Gasteiger partial charge in [0, 0.05) is 17.6 Å². The molecule has 1 aromatic carbocycles. The lowest BCUT2D eigenvalue weighted by molar-refractivity contribution is 0.0738. The van der Waals surface area contributed by atoms with Gasteiger partial charge in [0.15, 0.2) is 0 Å². The van der Waals surface area contributed by atoms with Crippen molar-refractivity contribution in [1.29, 1.82) is 0 Å². The van der Waals surface area contributed by atoms with Crippen LogP contribution in [0.1, 0.15) is 20.8 Å². The average molecular weight is 338 g/mol. The predicted octanol–water partition coefficient (Wildman–Crippen LogP) is 3.41. The first-order valence-corrected chi connectivity index (χ1v) is 7.65. The standard InChI is InChI=1S/C14H12BrNO2S/c15-12-4-6-19-13(12)14(18)16-5-3-9-1-2-11(17)7-10(9)8-16/h1-2,4,6-7,17H,3,5,8H2. The molecule has 1 aliphatic heterocycles. The van der Waals surface area contributed by atoms with E-state index in [-0.39, 0.29) is 11.7 Å². The van der Waals surface area contributed by atoms with E-state index in [0.717, 1.165) is 27.9 Å². The van der Waals surface area contributed by atoms with E-state index in [0.29, 0.717) is 6.54 Å². The Labute approximate surface area is 123 Å². The first-order valence-electron chi connectivity index (χ1n) is 5.98. The van der Waals surface area contributed by atoms with Crippen LogP contribution in [0.4, 0.5) is 0 Å². The molecule has 0 spiro atoms. The number of benzene rings is 1. The normalized spacial score (nSPS) is 14.3. The van der Waals surface area contributed by atoms with E-state index in [1.165, 1.54) is 16.9 Å². The first-order chi connectivity index (χ1) is 9.15. The van der Waals surface area contributed by atoms with Gasteiger partial charge in [0.2, 0.25) is 0 Å². The zero-order valence-electron chi connectivity index (χ0n) is 10.1. The van der Waals surface area contributed by atoms with E-state index < -0.39 is 0 Å². The number of carbonyl (C=O) groups is 1. The molecule has 1 amide bonds. The second-order valence-corrected chi connectivity index (χ2v) is 6.30. The molecule has 0 saturated carbocycles. The number of rotatable bonds is 1. The molecule has 1 aromatic heterocycles. The fourth-order valence-electron chi connectivity index (χ4n) is 2.31. The van der Waals surface area contributed by atoms with Crippen LogP contribution in [0.15, 0.2) is 34.1 Å². The fraction of sp³-hybridized carbons (Fsp3) is 0.214. The number of amides is 1. The molecule has 3 rings (SSSR count). The van der Waals surface area contributed by atoms with Gasteiger partial charge in [-0.2, -0.15) is 0 Å². The second-order valence-electron chi connectivity index (χ2n) is 4.53. The number of phenolic OH excluding ortho intramolecular Hbond substituents is 1. The molecule has 0 fully saturated rings. The SMILES string of the molecule is O=C(c1sccc1Br)N1CCc2ccc(O)cc2C1. The van der Waals surface area contributed by atoms with Crippen LogP contribution >= 0.6 is 27.3 Å². The average Bonchev–Trinajstić information content (AvgIpc) is 2.83. The Morgan fingerprint density at radius 3 is 2.89 bits per heavy atom. The summed E-state index contributed by atoms with van der Waals surface area (Å²) in [7, 11) is 0. The van der Waals surface area contributed by atoms with Crippen LogP contribution in [0, 0.1) is 0 Å². The zero-order chi connectivity index (χ0) is 13.4. The lowest BCUT2D eigenvalue weighted by Crippen LogP contribution is -2.35. The van der Waals surface area contributed by atoms with E-state index in [4.69, 9.17) is 0 Å². The van der Waals surface area contributed by atoms with Gasteiger partial charge in [0.25, 0.3) is 5.91 Å². The van der Waals surface area contributed by atoms with Crippen molar-refractivity contribution < 1.29 is 9.90 Å². The lowest BCUT2D eigenvalue weighted by atomic mass is 9.99. The summed E-state index contributed by atoms with van der Waals surface area (Å²) in [6, 6.07) is 7.28. The molecule has 0 atom stereocenters. The molecule has 2 heterocycles. The molecule has 2 aromatic rings. The Morgan fingerprint density at radius 2 is 2.16 bits per heavy atom. The summed E-state index contributed by atoms with van der Waals surface area (Å²) in [6.45, 7) is 1.29. The lowest BCUT2D eigenvalue weighted by Gasteiger charge is -2.28. The number of hydrogen-bond donors (Lipinski definition) is 1. The fourth-order valence-corrected chi connectivity index (χ4v) is 3.81. The van der Waals surface area contributed by atoms with Crippen molar-refractivity contribution in [3.05, 3.63) is 50.1 Å². The number of hydrogen-bond acceptors (Lipinski definition) is 3. The maximum atomic E-state index is 12.4. The molecular formula is C14H12BrNO2S. The van der Waals surface area contributed by atoms with Crippen LogP contribution in [-0.2, 0) is 13.0 Å². The molecule has 3 nitrogen and oxygen atoms in total. The van der Waals surface area contributed by atoms with E-state index in [2.05, 4.69) is 15.9 Å². The minimum Gasteiger partial charge on any atom is -0.508 e. The molecule has 98 valence electrons. The van der Waals surface area contributed by atoms with Crippen LogP contribution in [0.2, 0.25) is 0 Å².